The average molecular weight is 481 g/mol. The van der Waals surface area contributed by atoms with E-state index in [0.717, 1.165) is 6.42 Å². The zero-order valence-corrected chi connectivity index (χ0v) is 24.2. The fraction of sp³-hybridized carbons (Fsp3) is 0.765. The van der Waals surface area contributed by atoms with Crippen molar-refractivity contribution in [1.82, 2.24) is 0 Å². The van der Waals surface area contributed by atoms with Gasteiger partial charge in [-0.1, -0.05) is 83.1 Å². The average Bonchev–Trinajstić information content (AvgIpc) is 2.75. The van der Waals surface area contributed by atoms with Gasteiger partial charge in [-0.2, -0.15) is 0 Å². The van der Waals surface area contributed by atoms with Gasteiger partial charge < -0.3 is 0 Å². The van der Waals surface area contributed by atoms with Crippen LogP contribution in [0, 0.1) is 50.7 Å². The molecule has 35 heavy (non-hydrogen) atoms. The number of fused-ring (bicyclic) bond motifs is 5. The minimum Gasteiger partial charge on any atom is -0.251 e. The van der Waals surface area contributed by atoms with Gasteiger partial charge in [0.25, 0.3) is 0 Å². The van der Waals surface area contributed by atoms with E-state index >= 15 is 0 Å². The Kier molecular flexibility index (Phi) is 6.72. The Hall–Kier alpha value is -1.11. The molecule has 0 aliphatic heterocycles. The summed E-state index contributed by atoms with van der Waals surface area (Å²) in [5.74, 6) is 2.22. The number of alkyl halides is 1. The summed E-state index contributed by atoms with van der Waals surface area (Å²) >= 11 is 0. The lowest BCUT2D eigenvalue weighted by Crippen LogP contribution is -2.57. The normalized spacial score (nSPS) is 42.8. The molecule has 196 valence electrons. The summed E-state index contributed by atoms with van der Waals surface area (Å²) in [6.45, 7) is 28.1. The second-order valence-corrected chi connectivity index (χ2v) is 15.1. The Bertz CT molecular complexity index is 926. The van der Waals surface area contributed by atoms with Crippen molar-refractivity contribution in [1.29, 1.82) is 0 Å². The first-order chi connectivity index (χ1) is 16.2. The first-order valence-electron chi connectivity index (χ1n) is 14.4. The zero-order valence-electron chi connectivity index (χ0n) is 24.2. The maximum Gasteiger partial charge on any atom is 0.0899 e. The molecular weight excluding hydrogens is 427 g/mol. The lowest BCUT2D eigenvalue weighted by Gasteiger charge is -2.66. The van der Waals surface area contributed by atoms with Gasteiger partial charge in [0.15, 0.2) is 0 Å². The van der Waals surface area contributed by atoms with Crippen LogP contribution in [0.25, 0.3) is 0 Å². The van der Waals surface area contributed by atoms with Crippen molar-refractivity contribution in [3.8, 4) is 0 Å². The highest BCUT2D eigenvalue weighted by atomic mass is 19.1. The molecule has 4 rings (SSSR count). The number of halogens is 1. The monoisotopic (exact) mass is 480 g/mol. The molecule has 0 spiro atoms. The number of hydrogen-bond donors (Lipinski definition) is 0. The Labute approximate surface area is 216 Å². The second-order valence-electron chi connectivity index (χ2n) is 15.1. The van der Waals surface area contributed by atoms with Crippen LogP contribution in [0.15, 0.2) is 48.1 Å². The van der Waals surface area contributed by atoms with Crippen molar-refractivity contribution >= 4 is 0 Å². The molecular formula is C34H53F. The smallest absolute Gasteiger partial charge is 0.0899 e. The first kappa shape index (κ1) is 26.9. The molecule has 0 bridgehead atoms. The van der Waals surface area contributed by atoms with E-state index < -0.39 is 0 Å². The van der Waals surface area contributed by atoms with Crippen LogP contribution in [-0.4, -0.2) is 6.67 Å². The van der Waals surface area contributed by atoms with E-state index in [1.165, 1.54) is 56.1 Å². The highest BCUT2D eigenvalue weighted by Gasteiger charge is 2.62. The fourth-order valence-corrected chi connectivity index (χ4v) is 10.00. The molecule has 4 aliphatic rings. The third kappa shape index (κ3) is 4.16. The summed E-state index contributed by atoms with van der Waals surface area (Å²) < 4.78 is 14.0. The molecule has 0 amide bonds. The number of allylic oxidation sites excluding steroid dienone is 6. The Morgan fingerprint density at radius 3 is 2.34 bits per heavy atom. The zero-order chi connectivity index (χ0) is 26.0. The maximum absolute atomic E-state index is 14.0. The summed E-state index contributed by atoms with van der Waals surface area (Å²) in [5.41, 5.74) is 5.14. The Balaban J connectivity index is 1.85. The van der Waals surface area contributed by atoms with Crippen LogP contribution in [0.3, 0.4) is 0 Å². The highest BCUT2D eigenvalue weighted by Crippen LogP contribution is 2.71. The molecule has 0 aromatic rings. The third-order valence-corrected chi connectivity index (χ3v) is 11.7. The van der Waals surface area contributed by atoms with E-state index in [-0.39, 0.29) is 28.3 Å². The largest absolute Gasteiger partial charge is 0.251 e. The fourth-order valence-electron chi connectivity index (χ4n) is 10.00. The van der Waals surface area contributed by atoms with E-state index in [0.29, 0.717) is 29.1 Å². The van der Waals surface area contributed by atoms with Gasteiger partial charge in [0.2, 0.25) is 0 Å². The number of rotatable bonds is 5. The molecule has 3 fully saturated rings. The van der Waals surface area contributed by atoms with Crippen molar-refractivity contribution in [3.05, 3.63) is 48.1 Å². The Morgan fingerprint density at radius 2 is 1.74 bits per heavy atom. The Morgan fingerprint density at radius 1 is 1.06 bits per heavy atom. The maximum atomic E-state index is 14.0. The summed E-state index contributed by atoms with van der Waals surface area (Å²) in [6.07, 6.45) is 16.6. The van der Waals surface area contributed by atoms with Crippen LogP contribution in [0.5, 0.6) is 0 Å². The lowest BCUT2D eigenvalue weighted by atomic mass is 9.38. The molecule has 0 aromatic heterocycles. The van der Waals surface area contributed by atoms with Crippen LogP contribution in [-0.2, 0) is 0 Å². The van der Waals surface area contributed by atoms with E-state index in [4.69, 9.17) is 6.58 Å². The lowest BCUT2D eigenvalue weighted by molar-refractivity contribution is -0.0993. The van der Waals surface area contributed by atoms with Crippen molar-refractivity contribution < 1.29 is 4.39 Å². The predicted octanol–water partition coefficient (Wildman–Crippen LogP) is 10.3. The molecule has 4 aliphatic carbocycles. The molecule has 0 aromatic carbocycles. The third-order valence-electron chi connectivity index (χ3n) is 11.7. The summed E-state index contributed by atoms with van der Waals surface area (Å²) in [6, 6.07) is 0. The molecule has 0 heterocycles. The molecule has 1 heteroatoms. The summed E-state index contributed by atoms with van der Waals surface area (Å²) in [7, 11) is 0. The minimum absolute atomic E-state index is 0.00323. The standard InChI is InChI=1S/C34H53F/c1-11-31(7,8)27-13-14-32(9)25-12-15-34(18-19-35)17-16-30(5,6)22-26(34)29(25)24(4)20-28(32)33(27,10)21-23(2)3/h11,20-21,25-27,29H,1,4,12-19,22H2,2-3,5-10H3. The van der Waals surface area contributed by atoms with Crippen molar-refractivity contribution in [2.45, 2.75) is 107 Å². The molecule has 3 saturated carbocycles. The van der Waals surface area contributed by atoms with E-state index in [9.17, 15) is 4.39 Å². The molecule has 7 atom stereocenters. The molecule has 7 unspecified atom stereocenters. The van der Waals surface area contributed by atoms with Gasteiger partial charge in [-0.05, 0) is 111 Å². The van der Waals surface area contributed by atoms with Crippen molar-refractivity contribution in [2.24, 2.45) is 50.7 Å². The van der Waals surface area contributed by atoms with Crippen LogP contribution >= 0.6 is 0 Å². The van der Waals surface area contributed by atoms with Crippen LogP contribution < -0.4 is 0 Å². The first-order valence-corrected chi connectivity index (χ1v) is 14.4. The quantitative estimate of drug-likeness (QED) is 0.343. The van der Waals surface area contributed by atoms with Crippen molar-refractivity contribution in [3.63, 3.8) is 0 Å². The van der Waals surface area contributed by atoms with Gasteiger partial charge in [0, 0.05) is 5.41 Å². The van der Waals surface area contributed by atoms with Crippen LogP contribution in [0.4, 0.5) is 4.39 Å². The molecule has 0 N–H and O–H groups in total. The van der Waals surface area contributed by atoms with Gasteiger partial charge in [-0.15, -0.1) is 6.58 Å². The molecule has 0 radical (unpaired) electrons. The van der Waals surface area contributed by atoms with Gasteiger partial charge >= 0.3 is 0 Å². The topological polar surface area (TPSA) is 0 Å². The van der Waals surface area contributed by atoms with Gasteiger partial charge in [-0.25, -0.2) is 0 Å². The van der Waals surface area contributed by atoms with E-state index in [1.807, 2.05) is 0 Å². The van der Waals surface area contributed by atoms with E-state index in [1.54, 1.807) is 5.57 Å². The summed E-state index contributed by atoms with van der Waals surface area (Å²) in [4.78, 5) is 0. The van der Waals surface area contributed by atoms with Crippen LogP contribution in [0.1, 0.15) is 107 Å². The van der Waals surface area contributed by atoms with E-state index in [2.05, 4.69) is 80.2 Å². The highest BCUT2D eigenvalue weighted by molar-refractivity contribution is 5.44. The minimum atomic E-state index is -0.171. The van der Waals surface area contributed by atoms with Crippen LogP contribution in [0.2, 0.25) is 0 Å². The SMILES string of the molecule is C=CC(C)(C)C1CCC2(C)C(=CC(=C)C3C4CC(C)(C)CCC4(CCF)CCC32)C1(C)C=C(C)C. The predicted molar refractivity (Wildman–Crippen MR) is 150 cm³/mol. The summed E-state index contributed by atoms with van der Waals surface area (Å²) in [5, 5.41) is 0. The van der Waals surface area contributed by atoms with Crippen molar-refractivity contribution in [2.75, 3.05) is 6.67 Å². The van der Waals surface area contributed by atoms with Gasteiger partial charge in [-0.3, -0.25) is 4.39 Å². The second kappa shape index (κ2) is 8.73. The van der Waals surface area contributed by atoms with Gasteiger partial charge in [0.1, 0.15) is 0 Å². The number of hydrogen-bond acceptors (Lipinski definition) is 0. The van der Waals surface area contributed by atoms with Gasteiger partial charge in [0.05, 0.1) is 6.67 Å². The molecule has 0 saturated heterocycles. The molecule has 0 nitrogen and oxygen atoms in total.